The summed E-state index contributed by atoms with van der Waals surface area (Å²) >= 11 is 3.26. The largest absolute Gasteiger partial charge is 0.349 e. The second-order valence-corrected chi connectivity index (χ2v) is 2.80. The number of H-pyrrole nitrogens is 1. The zero-order valence-corrected chi connectivity index (χ0v) is 6.94. The van der Waals surface area contributed by atoms with Crippen LogP contribution in [-0.4, -0.2) is 24.1 Å². The molecule has 0 bridgehead atoms. The lowest BCUT2D eigenvalue weighted by Gasteiger charge is -2.05. The maximum atomic E-state index is 4.04. The third-order valence-corrected chi connectivity index (χ3v) is 1.36. The van der Waals surface area contributed by atoms with E-state index in [1.54, 1.807) is 6.20 Å². The molecule has 0 fully saturated rings. The molecule has 9 heavy (non-hydrogen) atoms. The molecule has 1 aromatic rings. The number of hydrogen-bond acceptors (Lipinski definition) is 2. The molecule has 0 atom stereocenters. The fourth-order valence-electron chi connectivity index (χ4n) is 0.516. The molecule has 0 unspecified atom stereocenters. The van der Waals surface area contributed by atoms with Crippen LogP contribution in [0.25, 0.3) is 0 Å². The second kappa shape index (κ2) is 2.39. The van der Waals surface area contributed by atoms with Gasteiger partial charge in [-0.2, -0.15) is 0 Å². The predicted molar refractivity (Wildman–Crippen MR) is 40.6 cm³/mol. The maximum Gasteiger partial charge on any atom is 0.203 e. The summed E-state index contributed by atoms with van der Waals surface area (Å²) < 4.78 is 0.909. The molecule has 1 N–H and O–H groups in total. The Kier molecular flexibility index (Phi) is 1.75. The van der Waals surface area contributed by atoms with Crippen LogP contribution in [-0.2, 0) is 0 Å². The van der Waals surface area contributed by atoms with Gasteiger partial charge in [-0.15, -0.1) is 0 Å². The summed E-state index contributed by atoms with van der Waals surface area (Å²) in [5, 5.41) is 0. The molecule has 0 aliphatic carbocycles. The topological polar surface area (TPSA) is 31.9 Å². The lowest BCUT2D eigenvalue weighted by molar-refractivity contribution is 1.04. The van der Waals surface area contributed by atoms with E-state index >= 15 is 0 Å². The minimum atomic E-state index is 0.863. The van der Waals surface area contributed by atoms with E-state index in [-0.39, 0.29) is 0 Å². The number of rotatable bonds is 1. The summed E-state index contributed by atoms with van der Waals surface area (Å²) in [4.78, 5) is 8.95. The van der Waals surface area contributed by atoms with E-state index in [9.17, 15) is 0 Å². The molecule has 0 amide bonds. The Bertz CT molecular complexity index is 194. The maximum absolute atomic E-state index is 4.04. The number of aromatic nitrogens is 2. The van der Waals surface area contributed by atoms with Crippen LogP contribution in [0.15, 0.2) is 10.8 Å². The molecule has 0 saturated heterocycles. The first-order valence-corrected chi connectivity index (χ1v) is 3.37. The average Bonchev–Trinajstić information content (AvgIpc) is 2.14. The highest BCUT2D eigenvalue weighted by Gasteiger charge is 1.96. The van der Waals surface area contributed by atoms with Gasteiger partial charge in [0.15, 0.2) is 0 Å². The smallest absolute Gasteiger partial charge is 0.203 e. The Morgan fingerprint density at radius 1 is 1.67 bits per heavy atom. The second-order valence-electron chi connectivity index (χ2n) is 1.95. The van der Waals surface area contributed by atoms with E-state index < -0.39 is 0 Å². The summed E-state index contributed by atoms with van der Waals surface area (Å²) in [6, 6.07) is 0. The SMILES string of the molecule is CN(C)c1ncc(Br)[nH]1. The molecule has 0 spiro atoms. The fourth-order valence-corrected chi connectivity index (χ4v) is 0.796. The Morgan fingerprint density at radius 3 is 2.56 bits per heavy atom. The van der Waals surface area contributed by atoms with Crippen molar-refractivity contribution in [3.8, 4) is 0 Å². The first kappa shape index (κ1) is 6.61. The summed E-state index contributed by atoms with van der Waals surface area (Å²) in [6.45, 7) is 0. The molecule has 4 heteroatoms. The van der Waals surface area contributed by atoms with Crippen molar-refractivity contribution in [1.29, 1.82) is 0 Å². The molecule has 0 radical (unpaired) electrons. The fraction of sp³-hybridized carbons (Fsp3) is 0.400. The monoisotopic (exact) mass is 189 g/mol. The van der Waals surface area contributed by atoms with Crippen LogP contribution in [0, 0.1) is 0 Å². The quantitative estimate of drug-likeness (QED) is 0.722. The summed E-state index contributed by atoms with van der Waals surface area (Å²) in [5.74, 6) is 0.863. The van der Waals surface area contributed by atoms with E-state index in [2.05, 4.69) is 25.9 Å². The van der Waals surface area contributed by atoms with Crippen molar-refractivity contribution >= 4 is 21.9 Å². The van der Waals surface area contributed by atoms with Gasteiger partial charge in [0, 0.05) is 14.1 Å². The van der Waals surface area contributed by atoms with Crippen molar-refractivity contribution in [3.63, 3.8) is 0 Å². The molecule has 50 valence electrons. The standard InChI is InChI=1S/C5H8BrN3/c1-9(2)5-7-3-4(6)8-5/h3H,1-2H3,(H,7,8). The highest BCUT2D eigenvalue weighted by atomic mass is 79.9. The number of nitrogens with one attached hydrogen (secondary N) is 1. The molecule has 0 aliphatic rings. The van der Waals surface area contributed by atoms with Gasteiger partial charge >= 0.3 is 0 Å². The molecule has 0 saturated carbocycles. The highest BCUT2D eigenvalue weighted by Crippen LogP contribution is 2.09. The lowest BCUT2D eigenvalue weighted by atomic mass is 10.8. The molecule has 1 heterocycles. The van der Waals surface area contributed by atoms with Gasteiger partial charge in [0.25, 0.3) is 0 Å². The molecule has 1 rings (SSSR count). The first-order valence-electron chi connectivity index (χ1n) is 2.58. The number of hydrogen-bond donors (Lipinski definition) is 1. The summed E-state index contributed by atoms with van der Waals surface area (Å²) in [5.41, 5.74) is 0. The molecule has 0 aromatic carbocycles. The Balaban J connectivity index is 2.85. The van der Waals surface area contributed by atoms with Crippen LogP contribution in [0.4, 0.5) is 5.95 Å². The van der Waals surface area contributed by atoms with E-state index in [0.717, 1.165) is 10.6 Å². The van der Waals surface area contributed by atoms with E-state index in [1.165, 1.54) is 0 Å². The highest BCUT2D eigenvalue weighted by molar-refractivity contribution is 9.10. The van der Waals surface area contributed by atoms with E-state index in [4.69, 9.17) is 0 Å². The van der Waals surface area contributed by atoms with Crippen molar-refractivity contribution in [2.24, 2.45) is 0 Å². The number of imidazole rings is 1. The summed E-state index contributed by atoms with van der Waals surface area (Å²) in [7, 11) is 3.87. The lowest BCUT2D eigenvalue weighted by Crippen LogP contribution is -2.09. The predicted octanol–water partition coefficient (Wildman–Crippen LogP) is 1.24. The van der Waals surface area contributed by atoms with Gasteiger partial charge in [-0.1, -0.05) is 0 Å². The van der Waals surface area contributed by atoms with Crippen LogP contribution in [0.1, 0.15) is 0 Å². The van der Waals surface area contributed by atoms with Crippen molar-refractivity contribution in [1.82, 2.24) is 9.97 Å². The number of aromatic amines is 1. The first-order chi connectivity index (χ1) is 4.20. The van der Waals surface area contributed by atoms with Gasteiger partial charge in [-0.05, 0) is 15.9 Å². The van der Waals surface area contributed by atoms with Crippen molar-refractivity contribution in [2.75, 3.05) is 19.0 Å². The van der Waals surface area contributed by atoms with E-state index in [1.807, 2.05) is 19.0 Å². The van der Waals surface area contributed by atoms with Crippen molar-refractivity contribution in [2.45, 2.75) is 0 Å². The minimum absolute atomic E-state index is 0.863. The van der Waals surface area contributed by atoms with Crippen molar-refractivity contribution < 1.29 is 0 Å². The molecule has 3 nitrogen and oxygen atoms in total. The Labute approximate surface area is 62.2 Å². The van der Waals surface area contributed by atoms with E-state index in [0.29, 0.717) is 0 Å². The van der Waals surface area contributed by atoms with Crippen molar-refractivity contribution in [3.05, 3.63) is 10.8 Å². The minimum Gasteiger partial charge on any atom is -0.349 e. The Hall–Kier alpha value is -0.510. The molecule has 0 aliphatic heterocycles. The van der Waals surface area contributed by atoms with Gasteiger partial charge < -0.3 is 9.88 Å². The van der Waals surface area contributed by atoms with Crippen LogP contribution < -0.4 is 4.90 Å². The molecular weight excluding hydrogens is 182 g/mol. The van der Waals surface area contributed by atoms with Crippen LogP contribution >= 0.6 is 15.9 Å². The van der Waals surface area contributed by atoms with Crippen LogP contribution in [0.3, 0.4) is 0 Å². The third kappa shape index (κ3) is 1.45. The Morgan fingerprint density at radius 2 is 2.33 bits per heavy atom. The van der Waals surface area contributed by atoms with Gasteiger partial charge in [0.05, 0.1) is 6.20 Å². The van der Waals surface area contributed by atoms with Crippen LogP contribution in [0.2, 0.25) is 0 Å². The van der Waals surface area contributed by atoms with Gasteiger partial charge in [-0.3, -0.25) is 0 Å². The van der Waals surface area contributed by atoms with Gasteiger partial charge in [0.1, 0.15) is 4.60 Å². The zero-order chi connectivity index (χ0) is 6.85. The average molecular weight is 190 g/mol. The summed E-state index contributed by atoms with van der Waals surface area (Å²) in [6.07, 6.45) is 1.73. The number of anilines is 1. The van der Waals surface area contributed by atoms with Gasteiger partial charge in [-0.25, -0.2) is 4.98 Å². The van der Waals surface area contributed by atoms with Gasteiger partial charge in [0.2, 0.25) is 5.95 Å². The molecular formula is C5H8BrN3. The number of halogens is 1. The zero-order valence-electron chi connectivity index (χ0n) is 5.35. The van der Waals surface area contributed by atoms with Crippen LogP contribution in [0.5, 0.6) is 0 Å². The normalized spacial score (nSPS) is 9.67. The third-order valence-electron chi connectivity index (χ3n) is 0.955. The number of nitrogens with zero attached hydrogens (tertiary/aromatic N) is 2. The molecule has 1 aromatic heterocycles.